The Morgan fingerprint density at radius 2 is 0.636 bits per heavy atom. The fourth-order valence-electron chi connectivity index (χ4n) is 13.4. The Bertz CT molecular complexity index is 5790. The van der Waals surface area contributed by atoms with Crippen LogP contribution < -0.4 is 0 Å². The van der Waals surface area contributed by atoms with Crippen molar-refractivity contribution in [3.8, 4) is 131 Å². The third-order valence-electron chi connectivity index (χ3n) is 19.8. The quantitative estimate of drug-likeness (QED) is 0.0931. The molecule has 0 aliphatic heterocycles. The molecule has 0 spiro atoms. The third kappa shape index (κ3) is 16.7. The van der Waals surface area contributed by atoms with Crippen LogP contribution in [0.2, 0.25) is 0 Å². The molecule has 16 rings (SSSR count). The zero-order valence-corrected chi connectivity index (χ0v) is 66.5. The minimum atomic E-state index is 0. The first-order valence-corrected chi connectivity index (χ1v) is 37.2. The minimum Gasteiger partial charge on any atom is -0.309 e. The van der Waals surface area contributed by atoms with Crippen LogP contribution in [0.4, 0.5) is 0 Å². The van der Waals surface area contributed by atoms with Crippen molar-refractivity contribution in [3.05, 3.63) is 343 Å². The van der Waals surface area contributed by atoms with Crippen molar-refractivity contribution in [2.75, 3.05) is 0 Å². The van der Waals surface area contributed by atoms with Crippen molar-refractivity contribution in [2.45, 2.75) is 105 Å². The van der Waals surface area contributed by atoms with Gasteiger partial charge in [-0.25, -0.2) is 29.9 Å². The fourth-order valence-corrected chi connectivity index (χ4v) is 13.4. The molecule has 0 amide bonds. The summed E-state index contributed by atoms with van der Waals surface area (Å²) in [6.45, 7) is 26.6. The maximum absolute atomic E-state index is 5.01. The van der Waals surface area contributed by atoms with E-state index in [-0.39, 0.29) is 41.8 Å². The molecule has 0 fully saturated rings. The monoisotopic (exact) mass is 1600 g/mol. The Balaban J connectivity index is 0.000000218. The van der Waals surface area contributed by atoms with Gasteiger partial charge in [0.15, 0.2) is 34.9 Å². The Hall–Kier alpha value is -12.3. The van der Waals surface area contributed by atoms with Crippen LogP contribution in [-0.2, 0) is 41.8 Å². The molecule has 9 nitrogen and oxygen atoms in total. The van der Waals surface area contributed by atoms with Gasteiger partial charge in [0.2, 0.25) is 0 Å². The molecule has 10 heteroatoms. The molecule has 5 heterocycles. The number of pyridine rings is 2. The van der Waals surface area contributed by atoms with Gasteiger partial charge in [-0.3, -0.25) is 0 Å². The molecule has 0 atom stereocenters. The largest absolute Gasteiger partial charge is 0.309 e. The van der Waals surface area contributed by atoms with Crippen molar-refractivity contribution in [3.63, 3.8) is 0 Å². The topological polar surface area (TPSA) is 108 Å². The van der Waals surface area contributed by atoms with E-state index < -0.39 is 0 Å². The molecule has 5 aromatic heterocycles. The third-order valence-corrected chi connectivity index (χ3v) is 19.8. The Morgan fingerprint density at radius 3 is 1.04 bits per heavy atom. The van der Waals surface area contributed by atoms with Gasteiger partial charge >= 0.3 is 0 Å². The number of benzene rings is 11. The summed E-state index contributed by atoms with van der Waals surface area (Å²) in [7, 11) is 0. The number of aromatic nitrogens is 9. The second-order valence-corrected chi connectivity index (χ2v) is 31.9. The molecular formula is C100H85IrN9-2. The molecule has 1 radical (unpaired) electrons. The van der Waals surface area contributed by atoms with Gasteiger partial charge in [-0.1, -0.05) is 301 Å². The number of rotatable bonds is 11. The Labute approximate surface area is 660 Å². The molecule has 0 unspecified atom stereocenters. The van der Waals surface area contributed by atoms with Crippen molar-refractivity contribution >= 4 is 21.8 Å². The van der Waals surface area contributed by atoms with Gasteiger partial charge in [0, 0.05) is 87.9 Å². The molecule has 0 saturated heterocycles. The zero-order chi connectivity index (χ0) is 75.6. The van der Waals surface area contributed by atoms with E-state index in [4.69, 9.17) is 34.9 Å². The SMILES string of the molecule is CC(C)(C)c1ccc(-c2nc(-c3ccc(C(C)(C)C)cc3)nc(-c3ccc(-c4[c-]ccc(C#Cc5ccc6c(c5)c5ccccc5n6-c5cc(-c6ccccc6)cc(-c6ccccc6)c5)c4)nc3)n2)cc1.CC(C)(C)c1ccc(-c2nc(-c3ccc(C(C)(C)C)cc3)nc(-c3ccc(-c4[c-]cccc4)nc3)n2)cc1.[Ir]. The van der Waals surface area contributed by atoms with E-state index in [0.29, 0.717) is 34.9 Å². The fraction of sp³-hybridized carbons (Fsp3) is 0.160. The number of hydrogen-bond donors (Lipinski definition) is 0. The minimum absolute atomic E-state index is 0. The summed E-state index contributed by atoms with van der Waals surface area (Å²) in [6, 6.07) is 106. The zero-order valence-electron chi connectivity index (χ0n) is 64.1. The molecule has 0 saturated carbocycles. The smallest absolute Gasteiger partial charge is 0.165 e. The first kappa shape index (κ1) is 74.6. The van der Waals surface area contributed by atoms with Crippen LogP contribution in [0.15, 0.2) is 298 Å². The van der Waals surface area contributed by atoms with Crippen molar-refractivity contribution < 1.29 is 20.1 Å². The Morgan fingerprint density at radius 1 is 0.273 bits per heavy atom. The maximum atomic E-state index is 5.01. The maximum Gasteiger partial charge on any atom is 0.165 e. The average molecular weight is 1610 g/mol. The summed E-state index contributed by atoms with van der Waals surface area (Å²) in [5, 5.41) is 2.33. The first-order chi connectivity index (χ1) is 52.5. The Kier molecular flexibility index (Phi) is 21.1. The molecule has 541 valence electrons. The molecule has 0 aliphatic carbocycles. The van der Waals surface area contributed by atoms with Crippen LogP contribution in [0.1, 0.15) is 116 Å². The van der Waals surface area contributed by atoms with Crippen LogP contribution in [0, 0.1) is 24.0 Å². The standard InChI is InChI=1S/C66H52N5.C34H33N4.Ir/c1-65(2,3)54-32-27-48(28-33-54)62-68-63(49-29-34-55(35-30-49)66(4,5)6)70-64(69-62)51-31-36-59(67-43-51)50-21-15-16-44(38-50)24-25-45-26-37-61-58(39-45)57-22-13-14-23-60(57)71(61)56-41-52(46-17-9-7-10-18-46)40-53(42-56)47-19-11-8-12-20-47;1-33(2,3)27-17-12-24(13-18-27)30-36-31(25-14-19-28(20-15-25)34(4,5)6)38-32(37-30)26-16-21-29(35-22-26)23-10-8-7-9-11-23;/h7-20,22-23,26-43H,1-6H3;7-10,12-22H,1-6H3;/q2*-1;. The number of nitrogens with zero attached hydrogens (tertiary/aromatic N) is 9. The summed E-state index contributed by atoms with van der Waals surface area (Å²) in [6.07, 6.45) is 3.66. The normalized spacial score (nSPS) is 11.7. The van der Waals surface area contributed by atoms with Crippen LogP contribution in [0.25, 0.3) is 141 Å². The van der Waals surface area contributed by atoms with E-state index in [1.54, 1.807) is 0 Å². The molecule has 0 aliphatic rings. The summed E-state index contributed by atoms with van der Waals surface area (Å²) in [5.74, 6) is 10.6. The van der Waals surface area contributed by atoms with E-state index in [2.05, 4.69) is 335 Å². The molecule has 11 aromatic carbocycles. The molecule has 110 heavy (non-hydrogen) atoms. The van der Waals surface area contributed by atoms with Crippen molar-refractivity contribution in [1.82, 2.24) is 44.4 Å². The molecule has 0 N–H and O–H groups in total. The number of para-hydroxylation sites is 1. The van der Waals surface area contributed by atoms with Gasteiger partial charge in [-0.05, 0) is 120 Å². The van der Waals surface area contributed by atoms with Crippen LogP contribution in [0.3, 0.4) is 0 Å². The number of fused-ring (bicyclic) bond motifs is 3. The van der Waals surface area contributed by atoms with Crippen molar-refractivity contribution in [1.29, 1.82) is 0 Å². The molecular weight excluding hydrogens is 1520 g/mol. The summed E-state index contributed by atoms with van der Waals surface area (Å²) in [5.41, 5.74) is 24.0. The van der Waals surface area contributed by atoms with Crippen LogP contribution in [-0.4, -0.2) is 44.4 Å². The van der Waals surface area contributed by atoms with Gasteiger partial charge in [0.25, 0.3) is 0 Å². The van der Waals surface area contributed by atoms with Gasteiger partial charge in [0.1, 0.15) is 0 Å². The summed E-state index contributed by atoms with van der Waals surface area (Å²) in [4.78, 5) is 39.3. The average Bonchev–Trinajstić information content (AvgIpc) is 1.61. The summed E-state index contributed by atoms with van der Waals surface area (Å²) < 4.78 is 2.38. The predicted octanol–water partition coefficient (Wildman–Crippen LogP) is 24.5. The first-order valence-electron chi connectivity index (χ1n) is 37.2. The van der Waals surface area contributed by atoms with Gasteiger partial charge in [0.05, 0.1) is 11.0 Å². The van der Waals surface area contributed by atoms with E-state index in [1.807, 2.05) is 79.1 Å². The van der Waals surface area contributed by atoms with Crippen LogP contribution >= 0.6 is 0 Å². The van der Waals surface area contributed by atoms with Crippen molar-refractivity contribution in [2.24, 2.45) is 0 Å². The molecule has 16 aromatic rings. The molecule has 0 bridgehead atoms. The van der Waals surface area contributed by atoms with Gasteiger partial charge < -0.3 is 14.5 Å². The van der Waals surface area contributed by atoms with Gasteiger partial charge in [-0.15, -0.1) is 65.7 Å². The van der Waals surface area contributed by atoms with E-state index in [0.717, 1.165) is 89.1 Å². The van der Waals surface area contributed by atoms with Gasteiger partial charge in [-0.2, -0.15) is 0 Å². The van der Waals surface area contributed by atoms with E-state index in [9.17, 15) is 0 Å². The predicted molar refractivity (Wildman–Crippen MR) is 449 cm³/mol. The van der Waals surface area contributed by atoms with E-state index in [1.165, 1.54) is 49.9 Å². The van der Waals surface area contributed by atoms with E-state index >= 15 is 0 Å². The van der Waals surface area contributed by atoms with Crippen LogP contribution in [0.5, 0.6) is 0 Å². The number of hydrogen-bond acceptors (Lipinski definition) is 8. The summed E-state index contributed by atoms with van der Waals surface area (Å²) >= 11 is 0. The second-order valence-electron chi connectivity index (χ2n) is 31.9. The second kappa shape index (κ2) is 31.1.